The van der Waals surface area contributed by atoms with Crippen molar-refractivity contribution in [2.75, 3.05) is 18.9 Å². The van der Waals surface area contributed by atoms with Crippen molar-refractivity contribution in [1.29, 1.82) is 0 Å². The molecule has 1 rings (SSSR count). The lowest BCUT2D eigenvalue weighted by Crippen LogP contribution is -2.22. The maximum absolute atomic E-state index is 11.4. The molecular formula is C9H15N3O4. The Labute approximate surface area is 92.4 Å². The van der Waals surface area contributed by atoms with E-state index in [2.05, 4.69) is 5.10 Å². The van der Waals surface area contributed by atoms with Crippen molar-refractivity contribution in [3.63, 3.8) is 0 Å². The minimum atomic E-state index is -0.961. The van der Waals surface area contributed by atoms with E-state index in [1.807, 2.05) is 0 Å². The summed E-state index contributed by atoms with van der Waals surface area (Å²) in [7, 11) is 0. The van der Waals surface area contributed by atoms with Gasteiger partial charge in [0.15, 0.2) is 0 Å². The first kappa shape index (κ1) is 12.5. The minimum absolute atomic E-state index is 0.0295. The molecule has 7 nitrogen and oxygen atoms in total. The third-order valence-electron chi connectivity index (χ3n) is 1.97. The number of nitrogens with two attached hydrogens (primary N) is 1. The molecule has 0 aliphatic carbocycles. The van der Waals surface area contributed by atoms with Crippen LogP contribution in [0.15, 0.2) is 6.20 Å². The van der Waals surface area contributed by atoms with Gasteiger partial charge in [0.1, 0.15) is 11.4 Å². The topological polar surface area (TPSA) is 111 Å². The Morgan fingerprint density at radius 2 is 2.44 bits per heavy atom. The molecule has 1 heterocycles. The van der Waals surface area contributed by atoms with E-state index >= 15 is 0 Å². The molecule has 1 atom stereocenters. The van der Waals surface area contributed by atoms with Crippen LogP contribution in [-0.2, 0) is 11.3 Å². The average molecular weight is 229 g/mol. The molecule has 1 unspecified atom stereocenters. The van der Waals surface area contributed by atoms with E-state index in [1.165, 1.54) is 10.9 Å². The van der Waals surface area contributed by atoms with Crippen LogP contribution in [0.2, 0.25) is 0 Å². The zero-order chi connectivity index (χ0) is 12.1. The van der Waals surface area contributed by atoms with Crippen LogP contribution in [0.4, 0.5) is 5.82 Å². The average Bonchev–Trinajstić information content (AvgIpc) is 2.61. The van der Waals surface area contributed by atoms with Crippen molar-refractivity contribution in [3.05, 3.63) is 11.8 Å². The van der Waals surface area contributed by atoms with Gasteiger partial charge in [-0.15, -0.1) is 0 Å². The summed E-state index contributed by atoms with van der Waals surface area (Å²) < 4.78 is 6.01. The molecule has 90 valence electrons. The maximum Gasteiger partial charge on any atom is 0.343 e. The van der Waals surface area contributed by atoms with Crippen LogP contribution in [0.1, 0.15) is 17.3 Å². The number of aromatic nitrogens is 2. The molecule has 4 N–H and O–H groups in total. The number of aliphatic hydroxyl groups excluding tert-OH is 2. The fraction of sp³-hybridized carbons (Fsp3) is 0.556. The molecule has 16 heavy (non-hydrogen) atoms. The van der Waals surface area contributed by atoms with E-state index in [-0.39, 0.29) is 24.5 Å². The van der Waals surface area contributed by atoms with E-state index in [4.69, 9.17) is 15.6 Å². The lowest BCUT2D eigenvalue weighted by atomic mass is 10.3. The zero-order valence-electron chi connectivity index (χ0n) is 8.96. The van der Waals surface area contributed by atoms with Crippen LogP contribution < -0.4 is 5.73 Å². The number of nitrogens with zero attached hydrogens (tertiary/aromatic N) is 2. The Morgan fingerprint density at radius 1 is 1.75 bits per heavy atom. The Bertz CT molecular complexity index is 364. The smallest absolute Gasteiger partial charge is 0.343 e. The third-order valence-corrected chi connectivity index (χ3v) is 1.97. The SMILES string of the molecule is CCOC(=O)c1cnn(CC(O)CO)c1N. The highest BCUT2D eigenvalue weighted by atomic mass is 16.5. The Kier molecular flexibility index (Phi) is 4.27. The van der Waals surface area contributed by atoms with E-state index < -0.39 is 18.7 Å². The summed E-state index contributed by atoms with van der Waals surface area (Å²) in [5, 5.41) is 21.7. The number of carbonyl (C=O) groups is 1. The monoisotopic (exact) mass is 229 g/mol. The van der Waals surface area contributed by atoms with Gasteiger partial charge in [-0.3, -0.25) is 0 Å². The summed E-state index contributed by atoms with van der Waals surface area (Å²) in [6, 6.07) is 0. The van der Waals surface area contributed by atoms with Crippen molar-refractivity contribution in [3.8, 4) is 0 Å². The first-order valence-electron chi connectivity index (χ1n) is 4.87. The van der Waals surface area contributed by atoms with Gasteiger partial charge in [0.2, 0.25) is 0 Å². The molecule has 0 bridgehead atoms. The molecule has 1 aromatic heterocycles. The standard InChI is InChI=1S/C9H15N3O4/c1-2-16-9(15)7-3-11-12(8(7)10)4-6(14)5-13/h3,6,13-14H,2,4-5,10H2,1H3. The summed E-state index contributed by atoms with van der Waals surface area (Å²) >= 11 is 0. The number of nitrogen functional groups attached to an aromatic ring is 1. The molecule has 1 aromatic rings. The number of ether oxygens (including phenoxy) is 1. The molecule has 0 aliphatic rings. The fourth-order valence-electron chi connectivity index (χ4n) is 1.16. The number of aliphatic hydroxyl groups is 2. The second kappa shape index (κ2) is 5.47. The predicted octanol–water partition coefficient (Wildman–Crippen LogP) is -1.00. The normalized spacial score (nSPS) is 12.4. The van der Waals surface area contributed by atoms with Crippen LogP contribution in [0.5, 0.6) is 0 Å². The molecular weight excluding hydrogens is 214 g/mol. The van der Waals surface area contributed by atoms with Crippen molar-refractivity contribution < 1.29 is 19.7 Å². The molecule has 0 spiro atoms. The molecule has 0 saturated carbocycles. The molecule has 0 fully saturated rings. The van der Waals surface area contributed by atoms with Gasteiger partial charge in [-0.1, -0.05) is 0 Å². The summed E-state index contributed by atoms with van der Waals surface area (Å²) in [4.78, 5) is 11.4. The highest BCUT2D eigenvalue weighted by Gasteiger charge is 2.17. The largest absolute Gasteiger partial charge is 0.462 e. The van der Waals surface area contributed by atoms with Gasteiger partial charge >= 0.3 is 5.97 Å². The Morgan fingerprint density at radius 3 is 3.00 bits per heavy atom. The lowest BCUT2D eigenvalue weighted by molar-refractivity contribution is 0.0527. The van der Waals surface area contributed by atoms with Crippen molar-refractivity contribution in [2.45, 2.75) is 19.6 Å². The molecule has 0 aromatic carbocycles. The summed E-state index contributed by atoms with van der Waals surface area (Å²) in [5.41, 5.74) is 5.80. The Hall–Kier alpha value is -1.60. The number of carbonyl (C=O) groups excluding carboxylic acids is 1. The van der Waals surface area contributed by atoms with Gasteiger partial charge in [-0.05, 0) is 6.92 Å². The predicted molar refractivity (Wildman–Crippen MR) is 55.7 cm³/mol. The van der Waals surface area contributed by atoms with Crippen LogP contribution in [0.3, 0.4) is 0 Å². The first-order chi connectivity index (χ1) is 7.60. The Balaban J connectivity index is 2.79. The van der Waals surface area contributed by atoms with Gasteiger partial charge in [0.05, 0.1) is 32.1 Å². The van der Waals surface area contributed by atoms with Crippen LogP contribution in [0.25, 0.3) is 0 Å². The summed E-state index contributed by atoms with van der Waals surface area (Å²) in [5.74, 6) is -0.435. The van der Waals surface area contributed by atoms with Crippen molar-refractivity contribution in [1.82, 2.24) is 9.78 Å². The van der Waals surface area contributed by atoms with Gasteiger partial charge < -0.3 is 20.7 Å². The van der Waals surface area contributed by atoms with Crippen molar-refractivity contribution in [2.24, 2.45) is 0 Å². The third kappa shape index (κ3) is 2.71. The van der Waals surface area contributed by atoms with E-state index in [1.54, 1.807) is 6.92 Å². The molecule has 0 aliphatic heterocycles. The number of rotatable bonds is 5. The first-order valence-corrected chi connectivity index (χ1v) is 4.87. The molecule has 7 heteroatoms. The van der Waals surface area contributed by atoms with Gasteiger partial charge in [-0.25, -0.2) is 9.48 Å². The van der Waals surface area contributed by atoms with Crippen LogP contribution in [-0.4, -0.2) is 45.3 Å². The minimum Gasteiger partial charge on any atom is -0.462 e. The number of esters is 1. The van der Waals surface area contributed by atoms with Crippen LogP contribution in [0, 0.1) is 0 Å². The van der Waals surface area contributed by atoms with Gasteiger partial charge in [-0.2, -0.15) is 5.10 Å². The summed E-state index contributed by atoms with van der Waals surface area (Å²) in [6.07, 6.45) is 0.314. The summed E-state index contributed by atoms with van der Waals surface area (Å²) in [6.45, 7) is 1.58. The van der Waals surface area contributed by atoms with Crippen LogP contribution >= 0.6 is 0 Å². The highest BCUT2D eigenvalue weighted by molar-refractivity contribution is 5.93. The van der Waals surface area contributed by atoms with Crippen molar-refractivity contribution >= 4 is 11.8 Å². The fourth-order valence-corrected chi connectivity index (χ4v) is 1.16. The number of hydrogen-bond acceptors (Lipinski definition) is 6. The molecule has 0 saturated heterocycles. The van der Waals surface area contributed by atoms with Gasteiger partial charge in [0, 0.05) is 0 Å². The molecule has 0 amide bonds. The van der Waals surface area contributed by atoms with E-state index in [9.17, 15) is 9.90 Å². The van der Waals surface area contributed by atoms with Gasteiger partial charge in [0.25, 0.3) is 0 Å². The number of anilines is 1. The zero-order valence-corrected chi connectivity index (χ0v) is 8.96. The second-order valence-electron chi connectivity index (χ2n) is 3.18. The van der Waals surface area contributed by atoms with E-state index in [0.717, 1.165) is 0 Å². The maximum atomic E-state index is 11.4. The van der Waals surface area contributed by atoms with E-state index in [0.29, 0.717) is 0 Å². The highest BCUT2D eigenvalue weighted by Crippen LogP contribution is 2.12. The lowest BCUT2D eigenvalue weighted by Gasteiger charge is -2.08. The number of hydrogen-bond donors (Lipinski definition) is 3. The molecule has 0 radical (unpaired) electrons. The quantitative estimate of drug-likeness (QED) is 0.558. The second-order valence-corrected chi connectivity index (χ2v) is 3.18.